The van der Waals surface area contributed by atoms with Gasteiger partial charge in [0.05, 0.1) is 0 Å². The quantitative estimate of drug-likeness (QED) is 0.703. The van der Waals surface area contributed by atoms with Crippen molar-refractivity contribution >= 4 is 6.08 Å². The lowest BCUT2D eigenvalue weighted by Gasteiger charge is -2.29. The van der Waals surface area contributed by atoms with Gasteiger partial charge in [0.15, 0.2) is 0 Å². The smallest absolute Gasteiger partial charge is 0.128 e. The van der Waals surface area contributed by atoms with Crippen LogP contribution in [-0.2, 0) is 0 Å². The van der Waals surface area contributed by atoms with Crippen molar-refractivity contribution in [2.24, 2.45) is 0 Å². The van der Waals surface area contributed by atoms with Crippen LogP contribution in [0, 0.1) is 6.92 Å². The average Bonchev–Trinajstić information content (AvgIpc) is 2.37. The van der Waals surface area contributed by atoms with E-state index in [1.54, 1.807) is 0 Å². The molecule has 96 valence electrons. The summed E-state index contributed by atoms with van der Waals surface area (Å²) in [6.07, 6.45) is 4.30. The highest BCUT2D eigenvalue weighted by Crippen LogP contribution is 2.38. The average molecular weight is 250 g/mol. The zero-order valence-corrected chi connectivity index (χ0v) is 11.6. The van der Waals surface area contributed by atoms with Crippen molar-refractivity contribution < 1.29 is 4.74 Å². The fraction of sp³-hybridized carbons (Fsp3) is 0.222. The Balaban J connectivity index is 2.20. The number of hydrogen-bond donors (Lipinski definition) is 0. The van der Waals surface area contributed by atoms with Crippen LogP contribution in [0.25, 0.3) is 17.2 Å². The van der Waals surface area contributed by atoms with Crippen molar-refractivity contribution in [3.63, 3.8) is 0 Å². The first kappa shape index (κ1) is 12.0. The van der Waals surface area contributed by atoms with Gasteiger partial charge < -0.3 is 4.74 Å². The number of aryl methyl sites for hydroxylation is 1. The minimum absolute atomic E-state index is 0.227. The maximum absolute atomic E-state index is 6.08. The predicted molar refractivity (Wildman–Crippen MR) is 80.4 cm³/mol. The van der Waals surface area contributed by atoms with E-state index in [1.165, 1.54) is 22.3 Å². The molecule has 0 unspecified atom stereocenters. The Morgan fingerprint density at radius 2 is 1.74 bits per heavy atom. The first-order chi connectivity index (χ1) is 9.05. The number of fused-ring (bicyclic) bond motifs is 1. The van der Waals surface area contributed by atoms with E-state index in [0.29, 0.717) is 0 Å². The van der Waals surface area contributed by atoms with Crippen LogP contribution in [0.2, 0.25) is 0 Å². The molecule has 1 nitrogen and oxygen atoms in total. The van der Waals surface area contributed by atoms with Crippen LogP contribution in [0.5, 0.6) is 5.75 Å². The lowest BCUT2D eigenvalue weighted by molar-refractivity contribution is 0.159. The Bertz CT molecular complexity index is 636. The van der Waals surface area contributed by atoms with Crippen LogP contribution < -0.4 is 4.74 Å². The fourth-order valence-electron chi connectivity index (χ4n) is 2.48. The number of hydrogen-bond acceptors (Lipinski definition) is 1. The summed E-state index contributed by atoms with van der Waals surface area (Å²) in [6.45, 7) is 6.27. The zero-order chi connectivity index (χ0) is 13.5. The summed E-state index contributed by atoms with van der Waals surface area (Å²) < 4.78 is 6.08. The molecule has 0 amide bonds. The van der Waals surface area contributed by atoms with Gasteiger partial charge in [-0.25, -0.2) is 0 Å². The van der Waals surface area contributed by atoms with E-state index in [2.05, 4.69) is 69.3 Å². The summed E-state index contributed by atoms with van der Waals surface area (Å²) in [5, 5.41) is 0. The van der Waals surface area contributed by atoms with Crippen LogP contribution in [0.4, 0.5) is 0 Å². The highest BCUT2D eigenvalue weighted by atomic mass is 16.5. The SMILES string of the molecule is Cc1cc2c(c(-c3ccccc3)c1)C=CC(C)(C)O2. The van der Waals surface area contributed by atoms with Crippen molar-refractivity contribution in [1.29, 1.82) is 0 Å². The van der Waals surface area contributed by atoms with Gasteiger partial charge in [0, 0.05) is 5.56 Å². The second kappa shape index (κ2) is 4.27. The van der Waals surface area contributed by atoms with E-state index in [4.69, 9.17) is 4.74 Å². The summed E-state index contributed by atoms with van der Waals surface area (Å²) in [4.78, 5) is 0. The van der Waals surface area contributed by atoms with E-state index in [9.17, 15) is 0 Å². The van der Waals surface area contributed by atoms with E-state index in [1.807, 2.05) is 6.07 Å². The molecule has 1 aliphatic rings. The minimum Gasteiger partial charge on any atom is -0.483 e. The largest absolute Gasteiger partial charge is 0.483 e. The van der Waals surface area contributed by atoms with Gasteiger partial charge in [-0.1, -0.05) is 42.5 Å². The second-order valence-corrected chi connectivity index (χ2v) is 5.63. The molecule has 2 aromatic carbocycles. The Hall–Kier alpha value is -2.02. The number of rotatable bonds is 1. The van der Waals surface area contributed by atoms with Gasteiger partial charge in [0.2, 0.25) is 0 Å². The molecule has 0 fully saturated rings. The summed E-state index contributed by atoms with van der Waals surface area (Å²) >= 11 is 0. The topological polar surface area (TPSA) is 9.23 Å². The summed E-state index contributed by atoms with van der Waals surface area (Å²) in [6, 6.07) is 14.8. The third kappa shape index (κ3) is 2.28. The summed E-state index contributed by atoms with van der Waals surface area (Å²) in [5.74, 6) is 0.978. The molecule has 0 N–H and O–H groups in total. The molecule has 0 bridgehead atoms. The molecule has 0 atom stereocenters. The molecule has 0 aliphatic carbocycles. The summed E-state index contributed by atoms with van der Waals surface area (Å²) in [7, 11) is 0. The van der Waals surface area contributed by atoms with Gasteiger partial charge in [-0.15, -0.1) is 0 Å². The molecule has 1 heteroatoms. The van der Waals surface area contributed by atoms with Gasteiger partial charge in [0.25, 0.3) is 0 Å². The lowest BCUT2D eigenvalue weighted by Crippen LogP contribution is -2.27. The van der Waals surface area contributed by atoms with Crippen LogP contribution in [0.3, 0.4) is 0 Å². The van der Waals surface area contributed by atoms with Crippen molar-refractivity contribution in [3.8, 4) is 16.9 Å². The molecular formula is C18H18O. The lowest BCUT2D eigenvalue weighted by atomic mass is 9.93. The molecule has 19 heavy (non-hydrogen) atoms. The van der Waals surface area contributed by atoms with Gasteiger partial charge in [-0.05, 0) is 49.6 Å². The molecule has 1 aliphatic heterocycles. The van der Waals surface area contributed by atoms with Crippen molar-refractivity contribution in [3.05, 3.63) is 59.7 Å². The third-order valence-corrected chi connectivity index (χ3v) is 3.40. The normalized spacial score (nSPS) is 15.7. The van der Waals surface area contributed by atoms with Gasteiger partial charge in [0.1, 0.15) is 11.4 Å². The van der Waals surface area contributed by atoms with Gasteiger partial charge in [-0.2, -0.15) is 0 Å². The highest BCUT2D eigenvalue weighted by Gasteiger charge is 2.23. The molecule has 0 saturated heterocycles. The van der Waals surface area contributed by atoms with Crippen molar-refractivity contribution in [2.75, 3.05) is 0 Å². The molecule has 0 spiro atoms. The molecular weight excluding hydrogens is 232 g/mol. The Morgan fingerprint density at radius 3 is 2.47 bits per heavy atom. The van der Waals surface area contributed by atoms with Crippen molar-refractivity contribution in [1.82, 2.24) is 0 Å². The highest BCUT2D eigenvalue weighted by molar-refractivity contribution is 5.80. The third-order valence-electron chi connectivity index (χ3n) is 3.40. The first-order valence-electron chi connectivity index (χ1n) is 6.63. The van der Waals surface area contributed by atoms with Crippen LogP contribution in [0.1, 0.15) is 25.0 Å². The van der Waals surface area contributed by atoms with Gasteiger partial charge in [-0.3, -0.25) is 0 Å². The molecule has 0 aromatic heterocycles. The van der Waals surface area contributed by atoms with Crippen molar-refractivity contribution in [2.45, 2.75) is 26.4 Å². The molecule has 0 radical (unpaired) electrons. The molecule has 3 rings (SSSR count). The monoisotopic (exact) mass is 250 g/mol. The Labute approximate surface area is 114 Å². The molecule has 0 saturated carbocycles. The van der Waals surface area contributed by atoms with Gasteiger partial charge >= 0.3 is 0 Å². The Morgan fingerprint density at radius 1 is 1.00 bits per heavy atom. The maximum atomic E-state index is 6.08. The molecule has 2 aromatic rings. The fourth-order valence-corrected chi connectivity index (χ4v) is 2.48. The van der Waals surface area contributed by atoms with Crippen LogP contribution in [0.15, 0.2) is 48.5 Å². The number of ether oxygens (including phenoxy) is 1. The van der Waals surface area contributed by atoms with E-state index < -0.39 is 0 Å². The van der Waals surface area contributed by atoms with Crippen LogP contribution in [-0.4, -0.2) is 5.60 Å². The second-order valence-electron chi connectivity index (χ2n) is 5.63. The van der Waals surface area contributed by atoms with E-state index in [-0.39, 0.29) is 5.60 Å². The van der Waals surface area contributed by atoms with Crippen LogP contribution >= 0.6 is 0 Å². The standard InChI is InChI=1S/C18H18O/c1-13-11-16(14-7-5-4-6-8-14)15-9-10-18(2,3)19-17(15)12-13/h4-12H,1-3H3. The van der Waals surface area contributed by atoms with E-state index >= 15 is 0 Å². The van der Waals surface area contributed by atoms with E-state index in [0.717, 1.165) is 5.75 Å². The summed E-state index contributed by atoms with van der Waals surface area (Å²) in [5.41, 5.74) is 4.65. The number of benzene rings is 2. The zero-order valence-electron chi connectivity index (χ0n) is 11.6. The molecule has 1 heterocycles. The minimum atomic E-state index is -0.227. The Kier molecular flexibility index (Phi) is 2.70. The predicted octanol–water partition coefficient (Wildman–Crippen LogP) is 4.85. The maximum Gasteiger partial charge on any atom is 0.128 e. The first-order valence-corrected chi connectivity index (χ1v) is 6.63.